The van der Waals surface area contributed by atoms with Gasteiger partial charge < -0.3 is 14.5 Å². The van der Waals surface area contributed by atoms with Crippen LogP contribution in [0.1, 0.15) is 0 Å². The van der Waals surface area contributed by atoms with Gasteiger partial charge in [-0.05, 0) is 66.2 Å². The Hall–Kier alpha value is -5.84. The van der Waals surface area contributed by atoms with Crippen LogP contribution in [0.25, 0.3) is 31.3 Å². The molecule has 7 aromatic carbocycles. The Morgan fingerprint density at radius 2 is 1.17 bits per heavy atom. The van der Waals surface area contributed by atoms with Crippen LogP contribution in [-0.2, 0) is 0 Å². The highest BCUT2D eigenvalue weighted by Gasteiger charge is 2.28. The zero-order valence-corrected chi connectivity index (χ0v) is 25.7. The van der Waals surface area contributed by atoms with Crippen molar-refractivity contribution in [1.29, 1.82) is 0 Å². The summed E-state index contributed by atoms with van der Waals surface area (Å²) < 4.78 is 9.25. The largest absolute Gasteiger partial charge is 0.453 e. The first-order chi connectivity index (χ1) is 22.8. The third-order valence-corrected chi connectivity index (χ3v) is 9.77. The molecule has 0 spiro atoms. The predicted molar refractivity (Wildman–Crippen MR) is 194 cm³/mol. The van der Waals surface area contributed by atoms with Crippen LogP contribution in [0.5, 0.6) is 11.5 Å². The van der Waals surface area contributed by atoms with Crippen molar-refractivity contribution in [2.45, 2.75) is 0 Å². The van der Waals surface area contributed by atoms with Gasteiger partial charge in [-0.15, -0.1) is 11.3 Å². The zero-order valence-electron chi connectivity index (χ0n) is 24.9. The summed E-state index contributed by atoms with van der Waals surface area (Å²) in [5.74, 6) is 1.64. The van der Waals surface area contributed by atoms with Gasteiger partial charge in [-0.2, -0.15) is 0 Å². The second-order valence-electron chi connectivity index (χ2n) is 11.4. The average molecular weight is 609 g/mol. The maximum Gasteiger partial charge on any atom is 0.153 e. The minimum absolute atomic E-state index is 0.811. The second kappa shape index (κ2) is 11.0. The number of ether oxygens (including phenoxy) is 1. The van der Waals surface area contributed by atoms with Crippen LogP contribution >= 0.6 is 11.3 Å². The normalized spacial score (nSPS) is 12.0. The molecule has 0 saturated heterocycles. The van der Waals surface area contributed by atoms with Crippen molar-refractivity contribution in [2.75, 3.05) is 9.80 Å². The van der Waals surface area contributed by atoms with Crippen LogP contribution in [0.2, 0.25) is 0 Å². The minimum atomic E-state index is 0.811. The van der Waals surface area contributed by atoms with E-state index in [0.717, 1.165) is 51.2 Å². The molecule has 0 amide bonds. The number of thiophene rings is 1. The van der Waals surface area contributed by atoms with Crippen LogP contribution < -0.4 is 14.5 Å². The number of hydrogen-bond acceptors (Lipinski definition) is 4. The molecule has 3 nitrogen and oxygen atoms in total. The van der Waals surface area contributed by atoms with Gasteiger partial charge in [0.2, 0.25) is 0 Å². The number of para-hydroxylation sites is 4. The molecule has 4 heteroatoms. The summed E-state index contributed by atoms with van der Waals surface area (Å²) >= 11 is 1.84. The van der Waals surface area contributed by atoms with Gasteiger partial charge in [0.1, 0.15) is 0 Å². The Kier molecular flexibility index (Phi) is 6.32. The molecule has 0 aliphatic carbocycles. The number of anilines is 6. The van der Waals surface area contributed by atoms with Crippen molar-refractivity contribution in [1.82, 2.24) is 0 Å². The topological polar surface area (TPSA) is 15.7 Å². The molecule has 0 saturated carbocycles. The zero-order chi connectivity index (χ0) is 30.5. The lowest BCUT2D eigenvalue weighted by Crippen LogP contribution is -2.17. The lowest BCUT2D eigenvalue weighted by Gasteiger charge is -2.34. The van der Waals surface area contributed by atoms with E-state index in [2.05, 4.69) is 174 Å². The molecule has 0 N–H and O–H groups in total. The first-order valence-corrected chi connectivity index (χ1v) is 16.3. The van der Waals surface area contributed by atoms with E-state index < -0.39 is 0 Å². The second-order valence-corrected chi connectivity index (χ2v) is 12.5. The number of rotatable bonds is 5. The molecule has 1 aliphatic heterocycles. The summed E-state index contributed by atoms with van der Waals surface area (Å²) in [5, 5.41) is 2.59. The van der Waals surface area contributed by atoms with Gasteiger partial charge in [-0.3, -0.25) is 0 Å². The molecule has 1 aromatic heterocycles. The summed E-state index contributed by atoms with van der Waals surface area (Å²) in [7, 11) is 0. The van der Waals surface area contributed by atoms with E-state index in [9.17, 15) is 0 Å². The molecule has 9 rings (SSSR count). The molecule has 8 aromatic rings. The van der Waals surface area contributed by atoms with Crippen molar-refractivity contribution in [3.05, 3.63) is 170 Å². The third-order valence-electron chi connectivity index (χ3n) is 8.63. The Balaban J connectivity index is 1.21. The summed E-state index contributed by atoms with van der Waals surface area (Å²) in [4.78, 5) is 4.65. The maximum atomic E-state index is 6.68. The summed E-state index contributed by atoms with van der Waals surface area (Å²) in [6.07, 6.45) is 0. The number of nitrogens with zero attached hydrogens (tertiary/aromatic N) is 2. The van der Waals surface area contributed by atoms with Crippen molar-refractivity contribution in [3.63, 3.8) is 0 Å². The lowest BCUT2D eigenvalue weighted by atomic mass is 10.0. The van der Waals surface area contributed by atoms with E-state index in [4.69, 9.17) is 4.74 Å². The molecule has 0 radical (unpaired) electrons. The van der Waals surface area contributed by atoms with E-state index in [-0.39, 0.29) is 0 Å². The van der Waals surface area contributed by atoms with Crippen molar-refractivity contribution >= 4 is 65.6 Å². The van der Waals surface area contributed by atoms with Crippen LogP contribution in [-0.4, -0.2) is 0 Å². The Bertz CT molecular complexity index is 2360. The van der Waals surface area contributed by atoms with Gasteiger partial charge in [0.25, 0.3) is 0 Å². The van der Waals surface area contributed by atoms with Gasteiger partial charge >= 0.3 is 0 Å². The average Bonchev–Trinajstić information content (AvgIpc) is 3.50. The molecule has 0 fully saturated rings. The highest BCUT2D eigenvalue weighted by atomic mass is 32.1. The van der Waals surface area contributed by atoms with Crippen LogP contribution in [0.4, 0.5) is 34.1 Å². The van der Waals surface area contributed by atoms with Gasteiger partial charge in [0.15, 0.2) is 11.5 Å². The third kappa shape index (κ3) is 4.42. The molecule has 0 unspecified atom stereocenters. The highest BCUT2D eigenvalue weighted by Crippen LogP contribution is 2.53. The molecule has 1 aliphatic rings. The number of fused-ring (bicyclic) bond motifs is 5. The molecule has 0 atom stereocenters. The van der Waals surface area contributed by atoms with Crippen LogP contribution in [0.3, 0.4) is 0 Å². The summed E-state index contributed by atoms with van der Waals surface area (Å²) in [6.45, 7) is 0. The fourth-order valence-electron chi connectivity index (χ4n) is 6.55. The monoisotopic (exact) mass is 608 g/mol. The summed E-state index contributed by atoms with van der Waals surface area (Å²) in [6, 6.07) is 60.0. The van der Waals surface area contributed by atoms with E-state index in [1.54, 1.807) is 0 Å². The van der Waals surface area contributed by atoms with E-state index >= 15 is 0 Å². The van der Waals surface area contributed by atoms with Gasteiger partial charge in [-0.25, -0.2) is 0 Å². The molecule has 2 heterocycles. The smallest absolute Gasteiger partial charge is 0.153 e. The van der Waals surface area contributed by atoms with E-state index in [0.29, 0.717) is 0 Å². The Morgan fingerprint density at radius 3 is 2.07 bits per heavy atom. The molecule has 218 valence electrons. The van der Waals surface area contributed by atoms with Gasteiger partial charge in [0, 0.05) is 43.2 Å². The Labute approximate surface area is 271 Å². The van der Waals surface area contributed by atoms with Gasteiger partial charge in [-0.1, -0.05) is 103 Å². The van der Waals surface area contributed by atoms with Crippen molar-refractivity contribution < 1.29 is 4.74 Å². The maximum absolute atomic E-state index is 6.68. The first-order valence-electron chi connectivity index (χ1n) is 15.4. The molecule has 0 bridgehead atoms. The van der Waals surface area contributed by atoms with E-state index in [1.807, 2.05) is 17.4 Å². The molecule has 46 heavy (non-hydrogen) atoms. The number of benzene rings is 7. The molecular formula is C42H28N2OS. The van der Waals surface area contributed by atoms with Crippen LogP contribution in [0, 0.1) is 0 Å². The van der Waals surface area contributed by atoms with E-state index in [1.165, 1.54) is 25.7 Å². The van der Waals surface area contributed by atoms with Crippen molar-refractivity contribution in [3.8, 4) is 22.6 Å². The number of hydrogen-bond donors (Lipinski definition) is 0. The SMILES string of the molecule is c1ccc(-c2ccccc2N(c2ccccc2)c2ccc3c(c2)Oc2ccccc2N3c2ccc3c(c2)sc2ccccc23)cc1. The van der Waals surface area contributed by atoms with Crippen LogP contribution in [0.15, 0.2) is 170 Å². The molecular weight excluding hydrogens is 581 g/mol. The highest BCUT2D eigenvalue weighted by molar-refractivity contribution is 7.25. The fraction of sp³-hybridized carbons (Fsp3) is 0. The summed E-state index contributed by atoms with van der Waals surface area (Å²) in [5.41, 5.74) is 8.67. The fourth-order valence-corrected chi connectivity index (χ4v) is 7.69. The van der Waals surface area contributed by atoms with Gasteiger partial charge in [0.05, 0.1) is 22.7 Å². The van der Waals surface area contributed by atoms with Crippen molar-refractivity contribution in [2.24, 2.45) is 0 Å². The lowest BCUT2D eigenvalue weighted by molar-refractivity contribution is 0.477. The quantitative estimate of drug-likeness (QED) is 0.193. The first kappa shape index (κ1) is 26.6. The predicted octanol–water partition coefficient (Wildman–Crippen LogP) is 12.8. The minimum Gasteiger partial charge on any atom is -0.453 e. The standard InChI is InChI=1S/C42H28N2OS/c1-3-13-29(14-4-1)33-17-7-9-19-36(33)43(30-15-5-2-6-16-30)31-24-26-38-40(27-31)45-39-21-11-10-20-37(39)44(38)32-23-25-35-34-18-8-12-22-41(34)46-42(35)28-32/h1-28H. The Morgan fingerprint density at radius 1 is 0.478 bits per heavy atom.